The molecule has 0 saturated heterocycles. The van der Waals surface area contributed by atoms with E-state index in [-0.39, 0.29) is 22.6 Å². The second-order valence-electron chi connectivity index (χ2n) is 3.48. The van der Waals surface area contributed by atoms with E-state index >= 15 is 0 Å². The van der Waals surface area contributed by atoms with Crippen LogP contribution in [0.3, 0.4) is 0 Å². The Morgan fingerprint density at radius 3 is 2.58 bits per heavy atom. The van der Waals surface area contributed by atoms with Crippen LogP contribution in [0.15, 0.2) is 24.5 Å². The highest BCUT2D eigenvalue weighted by Gasteiger charge is 2.31. The highest BCUT2D eigenvalue weighted by atomic mass is 35.5. The van der Waals surface area contributed by atoms with E-state index in [9.17, 15) is 13.2 Å². The third kappa shape index (κ3) is 3.22. The Bertz CT molecular complexity index is 602. The molecule has 9 heteroatoms. The number of hydrogen-bond donors (Lipinski definition) is 2. The van der Waals surface area contributed by atoms with Crippen molar-refractivity contribution in [2.24, 2.45) is 0 Å². The van der Waals surface area contributed by atoms with Gasteiger partial charge in [-0.1, -0.05) is 11.6 Å². The number of rotatable bonds is 2. The Balaban J connectivity index is 2.34. The van der Waals surface area contributed by atoms with Gasteiger partial charge in [0.15, 0.2) is 0 Å². The molecular formula is C10H7ClF3N5. The minimum Gasteiger partial charge on any atom is -0.368 e. The third-order valence-electron chi connectivity index (χ3n) is 2.13. The molecule has 0 fully saturated rings. The van der Waals surface area contributed by atoms with E-state index in [0.29, 0.717) is 0 Å². The van der Waals surface area contributed by atoms with Crippen LogP contribution in [0.25, 0.3) is 0 Å². The van der Waals surface area contributed by atoms with Crippen molar-refractivity contribution in [1.29, 1.82) is 0 Å². The second kappa shape index (κ2) is 4.88. The molecular weight excluding hydrogens is 283 g/mol. The first kappa shape index (κ1) is 13.3. The van der Waals surface area contributed by atoms with Gasteiger partial charge >= 0.3 is 6.18 Å². The maximum absolute atomic E-state index is 12.6. The van der Waals surface area contributed by atoms with Crippen LogP contribution in [0.4, 0.5) is 30.8 Å². The van der Waals surface area contributed by atoms with E-state index in [4.69, 9.17) is 17.3 Å². The summed E-state index contributed by atoms with van der Waals surface area (Å²) in [7, 11) is 0. The molecule has 0 aliphatic carbocycles. The smallest absolute Gasteiger partial charge is 0.368 e. The number of anilines is 3. The van der Waals surface area contributed by atoms with Crippen LogP contribution in [0.1, 0.15) is 5.56 Å². The van der Waals surface area contributed by atoms with Gasteiger partial charge in [0.25, 0.3) is 0 Å². The van der Waals surface area contributed by atoms with Crippen LogP contribution in [-0.2, 0) is 6.18 Å². The number of benzene rings is 1. The van der Waals surface area contributed by atoms with Gasteiger partial charge in [-0.3, -0.25) is 0 Å². The highest BCUT2D eigenvalue weighted by molar-refractivity contribution is 6.33. The topological polar surface area (TPSA) is 76.7 Å². The fraction of sp³-hybridized carbons (Fsp3) is 0.100. The summed E-state index contributed by atoms with van der Waals surface area (Å²) >= 11 is 5.80. The zero-order chi connectivity index (χ0) is 14.0. The lowest BCUT2D eigenvalue weighted by Gasteiger charge is -2.11. The first-order valence-electron chi connectivity index (χ1n) is 4.94. The quantitative estimate of drug-likeness (QED) is 0.889. The third-order valence-corrected chi connectivity index (χ3v) is 2.46. The molecule has 0 spiro atoms. The van der Waals surface area contributed by atoms with Crippen molar-refractivity contribution < 1.29 is 13.2 Å². The van der Waals surface area contributed by atoms with Crippen molar-refractivity contribution in [3.63, 3.8) is 0 Å². The molecule has 1 aromatic heterocycles. The maximum Gasteiger partial charge on any atom is 0.416 e. The molecule has 0 aliphatic heterocycles. The van der Waals surface area contributed by atoms with E-state index in [0.717, 1.165) is 24.5 Å². The zero-order valence-electron chi connectivity index (χ0n) is 9.24. The fourth-order valence-electron chi connectivity index (χ4n) is 1.29. The van der Waals surface area contributed by atoms with Crippen LogP contribution in [0, 0.1) is 0 Å². The van der Waals surface area contributed by atoms with E-state index < -0.39 is 11.7 Å². The van der Waals surface area contributed by atoms with Crippen molar-refractivity contribution in [2.45, 2.75) is 6.18 Å². The van der Waals surface area contributed by atoms with Gasteiger partial charge in [-0.05, 0) is 18.2 Å². The normalized spacial score (nSPS) is 11.4. The number of aromatic nitrogens is 3. The largest absolute Gasteiger partial charge is 0.416 e. The first-order chi connectivity index (χ1) is 8.86. The summed E-state index contributed by atoms with van der Waals surface area (Å²) in [4.78, 5) is 11.0. The predicted molar refractivity (Wildman–Crippen MR) is 64.0 cm³/mol. The van der Waals surface area contributed by atoms with Gasteiger partial charge < -0.3 is 11.1 Å². The molecule has 0 atom stereocenters. The minimum atomic E-state index is -4.46. The summed E-state index contributed by atoms with van der Waals surface area (Å²) < 4.78 is 37.7. The van der Waals surface area contributed by atoms with Crippen molar-refractivity contribution in [2.75, 3.05) is 11.1 Å². The van der Waals surface area contributed by atoms with Gasteiger partial charge in [-0.2, -0.15) is 18.2 Å². The maximum atomic E-state index is 12.6. The van der Waals surface area contributed by atoms with Crippen molar-refractivity contribution in [3.8, 4) is 0 Å². The summed E-state index contributed by atoms with van der Waals surface area (Å²) in [5.41, 5.74) is 4.53. The molecule has 19 heavy (non-hydrogen) atoms. The molecule has 1 heterocycles. The number of halogens is 4. The highest BCUT2D eigenvalue weighted by Crippen LogP contribution is 2.34. The molecule has 1 aromatic carbocycles. The lowest BCUT2D eigenvalue weighted by molar-refractivity contribution is -0.137. The Morgan fingerprint density at radius 2 is 1.95 bits per heavy atom. The lowest BCUT2D eigenvalue weighted by atomic mass is 10.2. The number of hydrogen-bond acceptors (Lipinski definition) is 5. The van der Waals surface area contributed by atoms with E-state index in [1.807, 2.05) is 0 Å². The summed E-state index contributed by atoms with van der Waals surface area (Å²) in [5.74, 6) is -0.0469. The van der Waals surface area contributed by atoms with E-state index in [1.54, 1.807) is 0 Å². The first-order valence-corrected chi connectivity index (χ1v) is 5.32. The van der Waals surface area contributed by atoms with Gasteiger partial charge in [0, 0.05) is 0 Å². The molecule has 2 aromatic rings. The van der Waals surface area contributed by atoms with Crippen LogP contribution in [-0.4, -0.2) is 15.0 Å². The van der Waals surface area contributed by atoms with Crippen LogP contribution in [0.5, 0.6) is 0 Å². The molecule has 0 amide bonds. The Hall–Kier alpha value is -2.09. The average molecular weight is 290 g/mol. The van der Waals surface area contributed by atoms with Crippen molar-refractivity contribution >= 4 is 29.2 Å². The molecule has 2 rings (SSSR count). The SMILES string of the molecule is Nc1ncnc(Nc2cc(C(F)(F)F)ccc2Cl)n1. The fourth-order valence-corrected chi connectivity index (χ4v) is 1.45. The number of alkyl halides is 3. The van der Waals surface area contributed by atoms with Gasteiger partial charge in [0.1, 0.15) is 6.33 Å². The molecule has 3 N–H and O–H groups in total. The summed E-state index contributed by atoms with van der Waals surface area (Å²) in [6, 6.07) is 2.88. The molecule has 100 valence electrons. The van der Waals surface area contributed by atoms with Crippen LogP contribution >= 0.6 is 11.6 Å². The minimum absolute atomic E-state index is 0.00808. The molecule has 0 bridgehead atoms. The second-order valence-corrected chi connectivity index (χ2v) is 3.89. The Morgan fingerprint density at radius 1 is 1.21 bits per heavy atom. The van der Waals surface area contributed by atoms with Gasteiger partial charge in [-0.15, -0.1) is 0 Å². The standard InChI is InChI=1S/C10H7ClF3N5/c11-6-2-1-5(10(12,13)14)3-7(6)18-9-17-4-16-8(15)19-9/h1-4H,(H3,15,16,17,18,19). The van der Waals surface area contributed by atoms with Crippen LogP contribution in [0.2, 0.25) is 5.02 Å². The van der Waals surface area contributed by atoms with Gasteiger partial charge in [-0.25, -0.2) is 9.97 Å². The average Bonchev–Trinajstić information content (AvgIpc) is 2.30. The molecule has 0 unspecified atom stereocenters. The summed E-state index contributed by atoms with van der Waals surface area (Å²) in [6.07, 6.45) is -3.33. The summed E-state index contributed by atoms with van der Waals surface area (Å²) in [6.45, 7) is 0. The van der Waals surface area contributed by atoms with Crippen LogP contribution < -0.4 is 11.1 Å². The molecule has 0 aliphatic rings. The molecule has 5 nitrogen and oxygen atoms in total. The zero-order valence-corrected chi connectivity index (χ0v) is 10.00. The Labute approximate surface area is 110 Å². The predicted octanol–water partition coefficient (Wildman–Crippen LogP) is 2.87. The number of nitrogens with two attached hydrogens (primary N) is 1. The van der Waals surface area contributed by atoms with E-state index in [2.05, 4.69) is 20.3 Å². The molecule has 0 saturated carbocycles. The van der Waals surface area contributed by atoms with Gasteiger partial charge in [0.05, 0.1) is 16.3 Å². The monoisotopic (exact) mass is 289 g/mol. The summed E-state index contributed by atoms with van der Waals surface area (Å²) in [5, 5.41) is 2.66. The number of nitrogen functional groups attached to an aromatic ring is 1. The Kier molecular flexibility index (Phi) is 3.43. The lowest BCUT2D eigenvalue weighted by Crippen LogP contribution is -2.07. The van der Waals surface area contributed by atoms with Crippen molar-refractivity contribution in [1.82, 2.24) is 15.0 Å². The van der Waals surface area contributed by atoms with E-state index in [1.165, 1.54) is 0 Å². The van der Waals surface area contributed by atoms with Crippen molar-refractivity contribution in [3.05, 3.63) is 35.1 Å². The van der Waals surface area contributed by atoms with Gasteiger partial charge in [0.2, 0.25) is 11.9 Å². The molecule has 0 radical (unpaired) electrons. The number of nitrogens with zero attached hydrogens (tertiary/aromatic N) is 3. The number of nitrogens with one attached hydrogen (secondary N) is 1.